The molecule has 1 aromatic carbocycles. The van der Waals surface area contributed by atoms with Crippen molar-refractivity contribution in [2.24, 2.45) is 5.73 Å². The first-order chi connectivity index (χ1) is 15.7. The van der Waals surface area contributed by atoms with Crippen molar-refractivity contribution in [3.63, 3.8) is 0 Å². The minimum absolute atomic E-state index is 0.000584. The van der Waals surface area contributed by atoms with Gasteiger partial charge in [-0.15, -0.1) is 0 Å². The number of nitrogens with zero attached hydrogens (tertiary/aromatic N) is 4. The second-order valence-corrected chi connectivity index (χ2v) is 10.4. The summed E-state index contributed by atoms with van der Waals surface area (Å²) in [6.45, 7) is 7.85. The van der Waals surface area contributed by atoms with E-state index in [0.29, 0.717) is 18.8 Å². The number of urea groups is 1. The molecule has 8 nitrogen and oxygen atoms in total. The summed E-state index contributed by atoms with van der Waals surface area (Å²) in [5, 5.41) is 0. The lowest BCUT2D eigenvalue weighted by molar-refractivity contribution is 0.156. The van der Waals surface area contributed by atoms with E-state index < -0.39 is 21.9 Å². The normalized spacial score (nSPS) is 15.7. The average molecular weight is 478 g/mol. The van der Waals surface area contributed by atoms with Crippen LogP contribution in [-0.2, 0) is 16.6 Å². The minimum Gasteiger partial charge on any atom is -0.351 e. The van der Waals surface area contributed by atoms with Crippen molar-refractivity contribution in [2.75, 3.05) is 30.3 Å². The maximum Gasteiger partial charge on any atom is 0.324 e. The molecule has 180 valence electrons. The Bertz CT molecular complexity index is 1070. The monoisotopic (exact) mass is 477 g/mol. The van der Waals surface area contributed by atoms with E-state index in [4.69, 9.17) is 5.73 Å². The number of aromatic nitrogens is 1. The van der Waals surface area contributed by atoms with Crippen LogP contribution in [0.1, 0.15) is 37.9 Å². The SMILES string of the molecule is CCN(C1CCN(Cc2ccc(F)c(N(C(N)=O)c3ccc(C)nc3)c2)CC1)S(=O)(=O)CC. The van der Waals surface area contributed by atoms with E-state index in [1.54, 1.807) is 35.5 Å². The van der Waals surface area contributed by atoms with E-state index in [0.717, 1.165) is 42.1 Å². The van der Waals surface area contributed by atoms with Crippen molar-refractivity contribution in [3.05, 3.63) is 53.6 Å². The van der Waals surface area contributed by atoms with Gasteiger partial charge >= 0.3 is 6.03 Å². The summed E-state index contributed by atoms with van der Waals surface area (Å²) < 4.78 is 41.0. The molecule has 1 aromatic heterocycles. The van der Waals surface area contributed by atoms with Crippen molar-refractivity contribution in [1.29, 1.82) is 0 Å². The maximum absolute atomic E-state index is 14.7. The molecule has 10 heteroatoms. The molecule has 1 fully saturated rings. The third-order valence-electron chi connectivity index (χ3n) is 6.03. The van der Waals surface area contributed by atoms with E-state index >= 15 is 0 Å². The first kappa shape index (κ1) is 25.1. The fourth-order valence-corrected chi connectivity index (χ4v) is 5.67. The number of halogens is 1. The molecule has 2 amide bonds. The molecule has 2 N–H and O–H groups in total. The van der Waals surface area contributed by atoms with Crippen molar-refractivity contribution in [2.45, 2.75) is 46.2 Å². The van der Waals surface area contributed by atoms with Crippen molar-refractivity contribution >= 4 is 27.4 Å². The summed E-state index contributed by atoms with van der Waals surface area (Å²) in [4.78, 5) is 19.7. The van der Waals surface area contributed by atoms with Crippen LogP contribution in [0.5, 0.6) is 0 Å². The maximum atomic E-state index is 14.7. The van der Waals surface area contributed by atoms with Gasteiger partial charge in [-0.2, -0.15) is 4.31 Å². The van der Waals surface area contributed by atoms with Gasteiger partial charge in [0.2, 0.25) is 10.0 Å². The summed E-state index contributed by atoms with van der Waals surface area (Å²) in [5.41, 5.74) is 7.65. The Morgan fingerprint density at radius 1 is 1.21 bits per heavy atom. The molecule has 0 spiro atoms. The number of carbonyl (C=O) groups excluding carboxylic acids is 1. The molecule has 2 aromatic rings. The van der Waals surface area contributed by atoms with Gasteiger partial charge in [0.25, 0.3) is 0 Å². The van der Waals surface area contributed by atoms with E-state index in [1.807, 2.05) is 13.8 Å². The molecule has 33 heavy (non-hydrogen) atoms. The van der Waals surface area contributed by atoms with Crippen LogP contribution in [0, 0.1) is 12.7 Å². The van der Waals surface area contributed by atoms with Crippen LogP contribution >= 0.6 is 0 Å². The quantitative estimate of drug-likeness (QED) is 0.628. The molecule has 0 saturated carbocycles. The molecular formula is C23H32FN5O3S. The van der Waals surface area contributed by atoms with Crippen molar-refractivity contribution in [1.82, 2.24) is 14.2 Å². The largest absolute Gasteiger partial charge is 0.351 e. The van der Waals surface area contributed by atoms with Crippen LogP contribution in [0.15, 0.2) is 36.5 Å². The predicted octanol–water partition coefficient (Wildman–Crippen LogP) is 3.38. The highest BCUT2D eigenvalue weighted by molar-refractivity contribution is 7.89. The lowest BCUT2D eigenvalue weighted by Crippen LogP contribution is -2.47. The number of sulfonamides is 1. The van der Waals surface area contributed by atoms with E-state index in [9.17, 15) is 17.6 Å². The second-order valence-electron chi connectivity index (χ2n) is 8.23. The number of piperidine rings is 1. The van der Waals surface area contributed by atoms with Gasteiger partial charge in [-0.05, 0) is 56.5 Å². The molecule has 0 atom stereocenters. The highest BCUT2D eigenvalue weighted by Gasteiger charge is 2.30. The van der Waals surface area contributed by atoms with Crippen LogP contribution in [0.25, 0.3) is 0 Å². The van der Waals surface area contributed by atoms with Gasteiger partial charge < -0.3 is 5.73 Å². The number of amides is 2. The van der Waals surface area contributed by atoms with E-state index in [-0.39, 0.29) is 17.5 Å². The number of benzene rings is 1. The third kappa shape index (κ3) is 5.87. The summed E-state index contributed by atoms with van der Waals surface area (Å²) in [6, 6.07) is 7.27. The molecule has 0 radical (unpaired) electrons. The zero-order valence-corrected chi connectivity index (χ0v) is 20.2. The molecule has 1 aliphatic heterocycles. The van der Waals surface area contributed by atoms with Crippen LogP contribution in [0.3, 0.4) is 0 Å². The van der Waals surface area contributed by atoms with Gasteiger partial charge in [-0.3, -0.25) is 14.8 Å². The highest BCUT2D eigenvalue weighted by atomic mass is 32.2. The fraction of sp³-hybridized carbons (Fsp3) is 0.478. The summed E-state index contributed by atoms with van der Waals surface area (Å²) in [5.74, 6) is -0.452. The first-order valence-corrected chi connectivity index (χ1v) is 12.8. The van der Waals surface area contributed by atoms with Crippen LogP contribution in [0.4, 0.5) is 20.6 Å². The van der Waals surface area contributed by atoms with Gasteiger partial charge in [0, 0.05) is 37.9 Å². The number of primary amides is 1. The molecule has 0 aliphatic carbocycles. The number of hydrogen-bond acceptors (Lipinski definition) is 5. The number of nitrogens with two attached hydrogens (primary N) is 1. The number of rotatable bonds is 8. The minimum atomic E-state index is -3.22. The standard InChI is InChI=1S/C23H32FN5O3S/c1-4-28(33(31,32)5-2)19-10-12-27(13-11-19)16-18-7-9-21(24)22(14-18)29(23(25)30)20-8-6-17(3)26-15-20/h6-9,14-15,19H,4-5,10-13,16H2,1-3H3,(H2,25,30). The molecule has 1 saturated heterocycles. The second kappa shape index (κ2) is 10.6. The molecule has 0 unspecified atom stereocenters. The molecule has 1 aliphatic rings. The van der Waals surface area contributed by atoms with Crippen molar-refractivity contribution in [3.8, 4) is 0 Å². The average Bonchev–Trinajstić information content (AvgIpc) is 2.78. The van der Waals surface area contributed by atoms with Gasteiger partial charge in [-0.1, -0.05) is 13.0 Å². The number of likely N-dealkylation sites (tertiary alicyclic amines) is 1. The zero-order chi connectivity index (χ0) is 24.2. The number of aryl methyl sites for hydroxylation is 1. The topological polar surface area (TPSA) is 99.8 Å². The molecule has 3 rings (SSSR count). The summed E-state index contributed by atoms with van der Waals surface area (Å²) in [6.07, 6.45) is 2.97. The first-order valence-electron chi connectivity index (χ1n) is 11.2. The number of hydrogen-bond donors (Lipinski definition) is 1. The van der Waals surface area contributed by atoms with Gasteiger partial charge in [0.05, 0.1) is 23.3 Å². The van der Waals surface area contributed by atoms with Gasteiger partial charge in [0.1, 0.15) is 5.82 Å². The summed E-state index contributed by atoms with van der Waals surface area (Å²) >= 11 is 0. The zero-order valence-electron chi connectivity index (χ0n) is 19.4. The van der Waals surface area contributed by atoms with Crippen LogP contribution in [0.2, 0.25) is 0 Å². The van der Waals surface area contributed by atoms with Crippen LogP contribution in [-0.4, -0.2) is 60.1 Å². The predicted molar refractivity (Wildman–Crippen MR) is 127 cm³/mol. The van der Waals surface area contributed by atoms with Gasteiger partial charge in [-0.25, -0.2) is 17.6 Å². The number of pyridine rings is 1. The Morgan fingerprint density at radius 3 is 2.45 bits per heavy atom. The molecule has 2 heterocycles. The van der Waals surface area contributed by atoms with Gasteiger partial charge in [0.15, 0.2) is 0 Å². The lowest BCUT2D eigenvalue weighted by atomic mass is 10.0. The van der Waals surface area contributed by atoms with Crippen molar-refractivity contribution < 1.29 is 17.6 Å². The van der Waals surface area contributed by atoms with E-state index in [1.165, 1.54) is 12.3 Å². The molecular weight excluding hydrogens is 445 g/mol. The Labute approximate surface area is 195 Å². The fourth-order valence-electron chi connectivity index (χ4n) is 4.28. The highest BCUT2D eigenvalue weighted by Crippen LogP contribution is 2.29. The smallest absolute Gasteiger partial charge is 0.324 e. The lowest BCUT2D eigenvalue weighted by Gasteiger charge is -2.37. The number of anilines is 2. The Hall–Kier alpha value is -2.56. The number of carbonyl (C=O) groups is 1. The third-order valence-corrected chi connectivity index (χ3v) is 8.03. The Kier molecular flexibility index (Phi) is 8.04. The molecule has 0 bridgehead atoms. The van der Waals surface area contributed by atoms with E-state index in [2.05, 4.69) is 9.88 Å². The summed E-state index contributed by atoms with van der Waals surface area (Å²) in [7, 11) is -3.22. The van der Waals surface area contributed by atoms with Crippen LogP contribution < -0.4 is 10.6 Å². The Balaban J connectivity index is 1.74. The Morgan fingerprint density at radius 2 is 1.91 bits per heavy atom.